The highest BCUT2D eigenvalue weighted by Gasteiger charge is 2.57. The van der Waals surface area contributed by atoms with E-state index >= 15 is 0 Å². The third-order valence-electron chi connectivity index (χ3n) is 10.6. The maximum atomic E-state index is 6.75. The predicted octanol–water partition coefficient (Wildman–Crippen LogP) is 9.92. The van der Waals surface area contributed by atoms with Crippen molar-refractivity contribution in [3.05, 3.63) is 191 Å². The van der Waals surface area contributed by atoms with Crippen LogP contribution in [0.3, 0.4) is 0 Å². The summed E-state index contributed by atoms with van der Waals surface area (Å²) < 4.78 is 6.75. The van der Waals surface area contributed by atoms with Crippen molar-refractivity contribution in [1.82, 2.24) is 19.9 Å². The van der Waals surface area contributed by atoms with Crippen molar-refractivity contribution in [2.45, 2.75) is 24.2 Å². The largest absolute Gasteiger partial charge is 0.461 e. The van der Waals surface area contributed by atoms with E-state index in [1.807, 2.05) is 66.7 Å². The van der Waals surface area contributed by atoms with Gasteiger partial charge in [0.2, 0.25) is 0 Å². The molecule has 0 saturated heterocycles. The summed E-state index contributed by atoms with van der Waals surface area (Å²) in [6.45, 7) is 0. The van der Waals surface area contributed by atoms with Crippen molar-refractivity contribution in [3.8, 4) is 40.0 Å². The molecule has 3 aliphatic carbocycles. The van der Waals surface area contributed by atoms with Gasteiger partial charge in [0, 0.05) is 40.5 Å². The number of aromatic nitrogens is 4. The highest BCUT2D eigenvalue weighted by Crippen LogP contribution is 2.64. The fourth-order valence-corrected chi connectivity index (χ4v) is 8.47. The van der Waals surface area contributed by atoms with Crippen LogP contribution in [-0.4, -0.2) is 19.9 Å². The van der Waals surface area contributed by atoms with Gasteiger partial charge in [-0.2, -0.15) is 0 Å². The van der Waals surface area contributed by atoms with Gasteiger partial charge < -0.3 is 4.74 Å². The van der Waals surface area contributed by atoms with Crippen LogP contribution in [0, 0.1) is 5.92 Å². The number of allylic oxidation sites excluding steroid dienone is 8. The lowest BCUT2D eigenvalue weighted by molar-refractivity contribution is 0.328. The molecule has 3 atom stereocenters. The van der Waals surface area contributed by atoms with Gasteiger partial charge in [-0.15, -0.1) is 0 Å². The van der Waals surface area contributed by atoms with Crippen molar-refractivity contribution >= 4 is 5.57 Å². The number of rotatable bonds is 4. The fraction of sp³-hybridized carbons (Fsp3) is 0.111. The summed E-state index contributed by atoms with van der Waals surface area (Å²) in [5, 5.41) is 0. The molecule has 5 heteroatoms. The Morgan fingerprint density at radius 2 is 1.18 bits per heavy atom. The third kappa shape index (κ3) is 4.40. The molecular formula is C45H32N4O. The Balaban J connectivity index is 1.12. The highest BCUT2D eigenvalue weighted by atomic mass is 16.5. The van der Waals surface area contributed by atoms with E-state index in [0.717, 1.165) is 41.2 Å². The Hall–Kier alpha value is -6.20. The van der Waals surface area contributed by atoms with Gasteiger partial charge >= 0.3 is 0 Å². The van der Waals surface area contributed by atoms with Crippen LogP contribution in [0.1, 0.15) is 41.1 Å². The molecule has 10 rings (SSSR count). The SMILES string of the molecule is C1=CC2c3ccccc3C3(C4=C(CCC(c5cccc(-c6nc(-c7ccccc7)nc(-c7ccccc7)n6)n5)=C4)Oc4ccccc43)C2C=C1. The topological polar surface area (TPSA) is 60.8 Å². The zero-order chi connectivity index (χ0) is 33.1. The van der Waals surface area contributed by atoms with Gasteiger partial charge in [0.1, 0.15) is 17.2 Å². The van der Waals surface area contributed by atoms with Gasteiger partial charge in [0.05, 0.1) is 11.1 Å². The van der Waals surface area contributed by atoms with E-state index in [9.17, 15) is 0 Å². The number of nitrogens with zero attached hydrogens (tertiary/aromatic N) is 4. The van der Waals surface area contributed by atoms with E-state index in [2.05, 4.69) is 91.0 Å². The Kier molecular flexibility index (Phi) is 6.59. The summed E-state index contributed by atoms with van der Waals surface area (Å²) in [4.78, 5) is 20.0. The molecule has 238 valence electrons. The average molecular weight is 645 g/mol. The smallest absolute Gasteiger partial charge is 0.182 e. The minimum atomic E-state index is -0.376. The van der Waals surface area contributed by atoms with Gasteiger partial charge in [-0.1, -0.05) is 133 Å². The van der Waals surface area contributed by atoms with Gasteiger partial charge in [-0.25, -0.2) is 19.9 Å². The quantitative estimate of drug-likeness (QED) is 0.191. The van der Waals surface area contributed by atoms with E-state index in [-0.39, 0.29) is 17.3 Å². The monoisotopic (exact) mass is 644 g/mol. The normalized spacial score (nSPS) is 21.2. The number of pyridine rings is 1. The number of para-hydroxylation sites is 1. The number of fused-ring (bicyclic) bond motifs is 8. The van der Waals surface area contributed by atoms with Crippen LogP contribution < -0.4 is 4.74 Å². The van der Waals surface area contributed by atoms with Crippen molar-refractivity contribution < 1.29 is 4.74 Å². The molecule has 0 amide bonds. The molecule has 6 aromatic rings. The minimum Gasteiger partial charge on any atom is -0.461 e. The molecule has 5 nitrogen and oxygen atoms in total. The second-order valence-corrected chi connectivity index (χ2v) is 13.3. The molecule has 1 spiro atoms. The number of hydrogen-bond acceptors (Lipinski definition) is 5. The van der Waals surface area contributed by atoms with Crippen molar-refractivity contribution in [1.29, 1.82) is 0 Å². The first-order valence-corrected chi connectivity index (χ1v) is 17.3. The fourth-order valence-electron chi connectivity index (χ4n) is 8.47. The number of hydrogen-bond donors (Lipinski definition) is 0. The first-order valence-electron chi connectivity index (χ1n) is 17.3. The molecule has 0 bridgehead atoms. The van der Waals surface area contributed by atoms with E-state index in [4.69, 9.17) is 24.7 Å². The van der Waals surface area contributed by atoms with Gasteiger partial charge in [-0.05, 0) is 47.4 Å². The summed E-state index contributed by atoms with van der Waals surface area (Å²) in [5.41, 5.74) is 9.53. The maximum absolute atomic E-state index is 6.75. The van der Waals surface area contributed by atoms with Crippen molar-refractivity contribution in [3.63, 3.8) is 0 Å². The molecule has 2 aromatic heterocycles. The molecule has 4 aromatic carbocycles. The molecule has 3 unspecified atom stereocenters. The molecule has 0 N–H and O–H groups in total. The summed E-state index contributed by atoms with van der Waals surface area (Å²) in [6, 6.07) is 43.9. The molecule has 4 aliphatic rings. The first-order chi connectivity index (χ1) is 24.8. The van der Waals surface area contributed by atoms with Gasteiger partial charge in [0.25, 0.3) is 0 Å². The zero-order valence-electron chi connectivity index (χ0n) is 27.3. The summed E-state index contributed by atoms with van der Waals surface area (Å²) in [7, 11) is 0. The lowest BCUT2D eigenvalue weighted by Crippen LogP contribution is -2.40. The molecule has 1 aliphatic heterocycles. The van der Waals surface area contributed by atoms with E-state index in [1.54, 1.807) is 0 Å². The van der Waals surface area contributed by atoms with Crippen LogP contribution in [-0.2, 0) is 5.41 Å². The first kappa shape index (κ1) is 28.8. The molecule has 0 saturated carbocycles. The van der Waals surface area contributed by atoms with E-state index in [1.165, 1.54) is 27.8 Å². The average Bonchev–Trinajstić information content (AvgIpc) is 3.49. The van der Waals surface area contributed by atoms with Crippen LogP contribution in [0.25, 0.3) is 39.9 Å². The zero-order valence-corrected chi connectivity index (χ0v) is 27.3. The lowest BCUT2D eigenvalue weighted by Gasteiger charge is -2.45. The molecule has 0 fully saturated rings. The van der Waals surface area contributed by atoms with Crippen molar-refractivity contribution in [2.75, 3.05) is 0 Å². The Morgan fingerprint density at radius 3 is 1.96 bits per heavy atom. The van der Waals surface area contributed by atoms with Crippen LogP contribution in [0.4, 0.5) is 0 Å². The van der Waals surface area contributed by atoms with Gasteiger partial charge in [-0.3, -0.25) is 0 Å². The Bertz CT molecular complexity index is 2370. The number of benzene rings is 4. The van der Waals surface area contributed by atoms with Crippen LogP contribution >= 0.6 is 0 Å². The second kappa shape index (κ2) is 11.5. The number of ether oxygens (including phenoxy) is 1. The van der Waals surface area contributed by atoms with E-state index < -0.39 is 0 Å². The van der Waals surface area contributed by atoms with Gasteiger partial charge in [0.15, 0.2) is 17.5 Å². The molecule has 3 heterocycles. The Labute approximate surface area is 291 Å². The summed E-state index contributed by atoms with van der Waals surface area (Å²) in [5.74, 6) is 4.33. The molecule has 0 radical (unpaired) electrons. The summed E-state index contributed by atoms with van der Waals surface area (Å²) >= 11 is 0. The molecule has 50 heavy (non-hydrogen) atoms. The third-order valence-corrected chi connectivity index (χ3v) is 10.6. The second-order valence-electron chi connectivity index (χ2n) is 13.3. The van der Waals surface area contributed by atoms with Crippen molar-refractivity contribution in [2.24, 2.45) is 5.92 Å². The Morgan fingerprint density at radius 1 is 0.540 bits per heavy atom. The van der Waals surface area contributed by atoms with Crippen LogP contribution in [0.2, 0.25) is 0 Å². The predicted molar refractivity (Wildman–Crippen MR) is 197 cm³/mol. The molecular weight excluding hydrogens is 613 g/mol. The van der Waals surface area contributed by atoms with E-state index in [0.29, 0.717) is 23.2 Å². The lowest BCUT2D eigenvalue weighted by atomic mass is 9.60. The van der Waals surface area contributed by atoms with Crippen LogP contribution in [0.15, 0.2) is 169 Å². The van der Waals surface area contributed by atoms with Crippen LogP contribution in [0.5, 0.6) is 5.75 Å². The maximum Gasteiger partial charge on any atom is 0.182 e. The highest BCUT2D eigenvalue weighted by molar-refractivity contribution is 5.76. The minimum absolute atomic E-state index is 0.230. The standard InChI is InChI=1S/C45H32N4O/c1-3-14-29(15-4-1)42-47-43(30-16-5-2-6-17-30)49-44(48-42)39-24-13-23-38(46-39)31-26-27-41-37(28-31)45(36-22-11-12-25-40(36)50-41)34-20-9-7-18-32(34)33-19-8-10-21-35(33)45/h1-25,28,32,34H,26-27H2. The summed E-state index contributed by atoms with van der Waals surface area (Å²) in [6.07, 6.45) is 13.2.